The van der Waals surface area contributed by atoms with E-state index in [9.17, 15) is 4.79 Å². The number of benzene rings is 1. The number of hydrogen-bond acceptors (Lipinski definition) is 3. The Kier molecular flexibility index (Phi) is 3.53. The topological polar surface area (TPSA) is 52.9 Å². The molecule has 0 aliphatic heterocycles. The second-order valence-electron chi connectivity index (χ2n) is 3.55. The highest BCUT2D eigenvalue weighted by Crippen LogP contribution is 2.11. The molecule has 0 saturated heterocycles. The molecule has 0 aliphatic carbocycles. The van der Waals surface area contributed by atoms with E-state index < -0.39 is 0 Å². The number of anilines is 1. The largest absolute Gasteiger partial charge is 0.326 e. The van der Waals surface area contributed by atoms with E-state index in [2.05, 4.69) is 5.32 Å². The standard InChI is InChI=1S/C13H10N2OS/c14-8-10-2-1-3-12(6-10)15-13(16)7-11-4-5-17-9-11/h1-6,9H,7H2,(H,15,16). The van der Waals surface area contributed by atoms with Crippen LogP contribution in [-0.2, 0) is 11.2 Å². The molecule has 2 rings (SSSR count). The van der Waals surface area contributed by atoms with E-state index in [0.717, 1.165) is 5.56 Å². The maximum atomic E-state index is 11.7. The molecule has 0 radical (unpaired) electrons. The highest BCUT2D eigenvalue weighted by atomic mass is 32.1. The van der Waals surface area contributed by atoms with E-state index in [1.165, 1.54) is 0 Å². The first-order valence-corrected chi connectivity index (χ1v) is 6.03. The van der Waals surface area contributed by atoms with Gasteiger partial charge in [0.15, 0.2) is 0 Å². The second kappa shape index (κ2) is 5.28. The van der Waals surface area contributed by atoms with Crippen molar-refractivity contribution in [2.24, 2.45) is 0 Å². The predicted octanol–water partition coefficient (Wildman–Crippen LogP) is 2.80. The van der Waals surface area contributed by atoms with Crippen molar-refractivity contribution in [1.82, 2.24) is 0 Å². The van der Waals surface area contributed by atoms with Gasteiger partial charge in [0.1, 0.15) is 0 Å². The molecule has 0 bridgehead atoms. The van der Waals surface area contributed by atoms with Crippen LogP contribution in [0, 0.1) is 11.3 Å². The smallest absolute Gasteiger partial charge is 0.228 e. The summed E-state index contributed by atoms with van der Waals surface area (Å²) in [5.74, 6) is -0.0708. The van der Waals surface area contributed by atoms with Gasteiger partial charge in [-0.15, -0.1) is 0 Å². The van der Waals surface area contributed by atoms with Gasteiger partial charge in [0.25, 0.3) is 0 Å². The molecule has 3 nitrogen and oxygen atoms in total. The highest BCUT2D eigenvalue weighted by Gasteiger charge is 2.04. The van der Waals surface area contributed by atoms with Crippen molar-refractivity contribution in [3.05, 3.63) is 52.2 Å². The molecule has 17 heavy (non-hydrogen) atoms. The number of hydrogen-bond donors (Lipinski definition) is 1. The third kappa shape index (κ3) is 3.16. The Morgan fingerprint density at radius 1 is 1.41 bits per heavy atom. The molecule has 0 unspecified atom stereocenters. The fourth-order valence-electron chi connectivity index (χ4n) is 1.45. The maximum Gasteiger partial charge on any atom is 0.228 e. The minimum Gasteiger partial charge on any atom is -0.326 e. The van der Waals surface area contributed by atoms with Crippen molar-refractivity contribution in [3.8, 4) is 6.07 Å². The number of nitrogens with zero attached hydrogens (tertiary/aromatic N) is 1. The Morgan fingerprint density at radius 2 is 2.29 bits per heavy atom. The van der Waals surface area contributed by atoms with Gasteiger partial charge in [-0.25, -0.2) is 0 Å². The van der Waals surface area contributed by atoms with Crippen LogP contribution >= 0.6 is 11.3 Å². The fraction of sp³-hybridized carbons (Fsp3) is 0.0769. The zero-order chi connectivity index (χ0) is 12.1. The molecule has 0 spiro atoms. The van der Waals surface area contributed by atoms with E-state index >= 15 is 0 Å². The normalized spacial score (nSPS) is 9.59. The number of rotatable bonds is 3. The first-order chi connectivity index (χ1) is 8.28. The van der Waals surface area contributed by atoms with Gasteiger partial charge >= 0.3 is 0 Å². The molecule has 1 heterocycles. The van der Waals surface area contributed by atoms with Gasteiger partial charge in [-0.1, -0.05) is 6.07 Å². The Bertz CT molecular complexity index is 555. The minimum absolute atomic E-state index is 0.0708. The van der Waals surface area contributed by atoms with Crippen molar-refractivity contribution in [2.45, 2.75) is 6.42 Å². The van der Waals surface area contributed by atoms with Gasteiger partial charge < -0.3 is 5.32 Å². The van der Waals surface area contributed by atoms with E-state index in [-0.39, 0.29) is 5.91 Å². The first-order valence-electron chi connectivity index (χ1n) is 5.09. The molecule has 1 aromatic heterocycles. The molecule has 84 valence electrons. The summed E-state index contributed by atoms with van der Waals surface area (Å²) in [7, 11) is 0. The molecule has 0 atom stereocenters. The lowest BCUT2D eigenvalue weighted by atomic mass is 10.2. The number of carbonyl (C=O) groups is 1. The van der Waals surface area contributed by atoms with Crippen LogP contribution in [0.4, 0.5) is 5.69 Å². The Labute approximate surface area is 103 Å². The zero-order valence-corrected chi connectivity index (χ0v) is 9.83. The van der Waals surface area contributed by atoms with Gasteiger partial charge in [-0.2, -0.15) is 16.6 Å². The van der Waals surface area contributed by atoms with Crippen LogP contribution in [0.1, 0.15) is 11.1 Å². The number of amides is 1. The summed E-state index contributed by atoms with van der Waals surface area (Å²) in [6.45, 7) is 0. The molecule has 1 N–H and O–H groups in total. The van der Waals surface area contributed by atoms with E-state index in [1.54, 1.807) is 35.6 Å². The lowest BCUT2D eigenvalue weighted by Crippen LogP contribution is -2.13. The number of carbonyl (C=O) groups excluding carboxylic acids is 1. The van der Waals surface area contributed by atoms with Crippen molar-refractivity contribution < 1.29 is 4.79 Å². The Morgan fingerprint density at radius 3 is 3.00 bits per heavy atom. The molecule has 0 saturated carbocycles. The van der Waals surface area contributed by atoms with Crippen LogP contribution in [0.25, 0.3) is 0 Å². The van der Waals surface area contributed by atoms with Crippen LogP contribution in [0.2, 0.25) is 0 Å². The third-order valence-electron chi connectivity index (χ3n) is 2.22. The van der Waals surface area contributed by atoms with Gasteiger partial charge in [0, 0.05) is 5.69 Å². The number of thiophene rings is 1. The summed E-state index contributed by atoms with van der Waals surface area (Å²) in [5.41, 5.74) is 2.20. The first kappa shape index (κ1) is 11.4. The molecule has 0 fully saturated rings. The average molecular weight is 242 g/mol. The summed E-state index contributed by atoms with van der Waals surface area (Å²) in [4.78, 5) is 11.7. The lowest BCUT2D eigenvalue weighted by Gasteiger charge is -2.04. The quantitative estimate of drug-likeness (QED) is 0.899. The summed E-state index contributed by atoms with van der Waals surface area (Å²) in [5, 5.41) is 15.4. The molecular formula is C13H10N2OS. The number of nitriles is 1. The van der Waals surface area contributed by atoms with Gasteiger partial charge in [0.05, 0.1) is 18.1 Å². The van der Waals surface area contributed by atoms with Crippen LogP contribution in [0.3, 0.4) is 0 Å². The Hall–Kier alpha value is -2.12. The summed E-state index contributed by atoms with van der Waals surface area (Å²) < 4.78 is 0. The van der Waals surface area contributed by atoms with Crippen LogP contribution in [0.15, 0.2) is 41.1 Å². The fourth-order valence-corrected chi connectivity index (χ4v) is 2.12. The van der Waals surface area contributed by atoms with Crippen molar-refractivity contribution in [3.63, 3.8) is 0 Å². The summed E-state index contributed by atoms with van der Waals surface area (Å²) >= 11 is 1.57. The summed E-state index contributed by atoms with van der Waals surface area (Å²) in [6, 6.07) is 10.8. The lowest BCUT2D eigenvalue weighted by molar-refractivity contribution is -0.115. The van der Waals surface area contributed by atoms with Crippen LogP contribution in [-0.4, -0.2) is 5.91 Å². The van der Waals surface area contributed by atoms with Crippen LogP contribution < -0.4 is 5.32 Å². The van der Waals surface area contributed by atoms with Gasteiger partial charge in [-0.3, -0.25) is 4.79 Å². The molecular weight excluding hydrogens is 232 g/mol. The molecule has 2 aromatic rings. The highest BCUT2D eigenvalue weighted by molar-refractivity contribution is 7.08. The minimum atomic E-state index is -0.0708. The second-order valence-corrected chi connectivity index (χ2v) is 4.33. The van der Waals surface area contributed by atoms with Crippen LogP contribution in [0.5, 0.6) is 0 Å². The van der Waals surface area contributed by atoms with Gasteiger partial charge in [0.2, 0.25) is 5.91 Å². The summed E-state index contributed by atoms with van der Waals surface area (Å²) in [6.07, 6.45) is 0.361. The van der Waals surface area contributed by atoms with E-state index in [0.29, 0.717) is 17.7 Å². The molecule has 1 aromatic carbocycles. The number of nitrogens with one attached hydrogen (secondary N) is 1. The molecule has 1 amide bonds. The van der Waals surface area contributed by atoms with Gasteiger partial charge in [-0.05, 0) is 40.6 Å². The Balaban J connectivity index is 2.01. The van der Waals surface area contributed by atoms with Crippen molar-refractivity contribution in [2.75, 3.05) is 5.32 Å². The zero-order valence-electron chi connectivity index (χ0n) is 9.01. The average Bonchev–Trinajstić information content (AvgIpc) is 2.82. The maximum absolute atomic E-state index is 11.7. The van der Waals surface area contributed by atoms with E-state index in [1.807, 2.05) is 22.9 Å². The van der Waals surface area contributed by atoms with E-state index in [4.69, 9.17) is 5.26 Å². The van der Waals surface area contributed by atoms with Crippen molar-refractivity contribution >= 4 is 22.9 Å². The third-order valence-corrected chi connectivity index (χ3v) is 2.95. The monoisotopic (exact) mass is 242 g/mol. The van der Waals surface area contributed by atoms with Crippen molar-refractivity contribution in [1.29, 1.82) is 5.26 Å². The SMILES string of the molecule is N#Cc1cccc(NC(=O)Cc2ccsc2)c1. The molecule has 0 aliphatic rings. The molecule has 4 heteroatoms. The predicted molar refractivity (Wildman–Crippen MR) is 67.8 cm³/mol.